The van der Waals surface area contributed by atoms with Crippen LogP contribution >= 0.6 is 0 Å². The average molecular weight is 496 g/mol. The first-order chi connectivity index (χ1) is 17.5. The molecule has 8 nitrogen and oxygen atoms in total. The van der Waals surface area contributed by atoms with Crippen molar-refractivity contribution in [2.45, 2.75) is 69.9 Å². The topological polar surface area (TPSA) is 112 Å². The minimum absolute atomic E-state index is 0.0550. The number of ether oxygens (including phenoxy) is 1. The van der Waals surface area contributed by atoms with Gasteiger partial charge in [-0.25, -0.2) is 0 Å². The van der Waals surface area contributed by atoms with Crippen molar-refractivity contribution >= 4 is 28.7 Å². The summed E-state index contributed by atoms with van der Waals surface area (Å²) in [5.74, 6) is -1.10. The van der Waals surface area contributed by atoms with Gasteiger partial charge in [0.1, 0.15) is 6.61 Å². The monoisotopic (exact) mass is 495 g/mol. The van der Waals surface area contributed by atoms with Crippen molar-refractivity contribution in [3.8, 4) is 0 Å². The zero-order valence-electron chi connectivity index (χ0n) is 20.8. The molecule has 1 aromatic carbocycles. The summed E-state index contributed by atoms with van der Waals surface area (Å²) in [6, 6.07) is 7.38. The lowest BCUT2D eigenvalue weighted by Gasteiger charge is -2.26. The highest BCUT2D eigenvalue weighted by Crippen LogP contribution is 2.23. The van der Waals surface area contributed by atoms with Crippen LogP contribution in [0.15, 0.2) is 42.6 Å². The third-order valence-corrected chi connectivity index (χ3v) is 7.22. The van der Waals surface area contributed by atoms with Gasteiger partial charge < -0.3 is 25.0 Å². The van der Waals surface area contributed by atoms with Crippen molar-refractivity contribution in [3.05, 3.63) is 48.2 Å². The number of nitrogens with one attached hydrogen (secondary N) is 2. The van der Waals surface area contributed by atoms with E-state index in [9.17, 15) is 19.5 Å². The van der Waals surface area contributed by atoms with Crippen LogP contribution in [0.25, 0.3) is 10.9 Å². The van der Waals surface area contributed by atoms with E-state index in [1.807, 2.05) is 42.6 Å². The second-order valence-corrected chi connectivity index (χ2v) is 9.87. The molecule has 0 bridgehead atoms. The van der Waals surface area contributed by atoms with Gasteiger partial charge in [0, 0.05) is 36.5 Å². The highest BCUT2D eigenvalue weighted by Gasteiger charge is 2.32. The Morgan fingerprint density at radius 2 is 2.00 bits per heavy atom. The normalized spacial score (nSPS) is 24.4. The largest absolute Gasteiger partial charge is 0.463 e. The summed E-state index contributed by atoms with van der Waals surface area (Å²) < 4.78 is 5.55. The van der Waals surface area contributed by atoms with Crippen LogP contribution in [0.1, 0.15) is 56.9 Å². The van der Waals surface area contributed by atoms with Crippen LogP contribution in [-0.2, 0) is 25.5 Å². The summed E-state index contributed by atoms with van der Waals surface area (Å²) in [5.41, 5.74) is 2.04. The third-order valence-electron chi connectivity index (χ3n) is 7.22. The number of aromatic nitrogens is 1. The van der Waals surface area contributed by atoms with Gasteiger partial charge in [-0.3, -0.25) is 14.4 Å². The fourth-order valence-corrected chi connectivity index (χ4v) is 5.18. The van der Waals surface area contributed by atoms with Gasteiger partial charge in [-0.05, 0) is 56.6 Å². The summed E-state index contributed by atoms with van der Waals surface area (Å²) in [4.78, 5) is 43.8. The minimum Gasteiger partial charge on any atom is -0.463 e. The van der Waals surface area contributed by atoms with Crippen LogP contribution in [0.3, 0.4) is 0 Å². The van der Waals surface area contributed by atoms with Crippen molar-refractivity contribution < 1.29 is 24.2 Å². The maximum Gasteiger partial charge on any atom is 0.305 e. The quantitative estimate of drug-likeness (QED) is 0.436. The Labute approximate surface area is 212 Å². The molecule has 0 radical (unpaired) electrons. The second kappa shape index (κ2) is 12.7. The van der Waals surface area contributed by atoms with E-state index in [2.05, 4.69) is 10.3 Å². The zero-order chi connectivity index (χ0) is 25.3. The van der Waals surface area contributed by atoms with Crippen molar-refractivity contribution in [2.24, 2.45) is 5.92 Å². The number of amides is 2. The van der Waals surface area contributed by atoms with Gasteiger partial charge in [-0.1, -0.05) is 30.4 Å². The standard InChI is InChI=1S/C28H37N3O5/c32-18-23-10-8-14-31(23)26(33)16-20-9-4-2-1-3-5-13-27(34)36-19-22(30-28(20)35)15-21-17-29-25-12-7-6-11-24(21)25/h2,4,6-7,11-12,17,20,22-23,29,32H,1,3,5,8-10,13-16,18-19H2,(H,30,35). The predicted octanol–water partition coefficient (Wildman–Crippen LogP) is 3.25. The number of aromatic amines is 1. The van der Waals surface area contributed by atoms with Gasteiger partial charge in [0.2, 0.25) is 11.8 Å². The van der Waals surface area contributed by atoms with Crippen LogP contribution < -0.4 is 5.32 Å². The van der Waals surface area contributed by atoms with Gasteiger partial charge >= 0.3 is 5.97 Å². The number of aliphatic hydroxyl groups is 1. The average Bonchev–Trinajstić information content (AvgIpc) is 3.52. The molecule has 0 aliphatic carbocycles. The molecule has 3 N–H and O–H groups in total. The van der Waals surface area contributed by atoms with E-state index in [4.69, 9.17) is 4.74 Å². The first kappa shape index (κ1) is 25.9. The number of cyclic esters (lactones) is 1. The number of benzene rings is 1. The number of rotatable bonds is 5. The molecule has 2 aromatic rings. The highest BCUT2D eigenvalue weighted by atomic mass is 16.5. The number of H-pyrrole nitrogens is 1. The summed E-state index contributed by atoms with van der Waals surface area (Å²) in [6.07, 6.45) is 11.4. The lowest BCUT2D eigenvalue weighted by atomic mass is 9.97. The van der Waals surface area contributed by atoms with Crippen molar-refractivity contribution in [1.82, 2.24) is 15.2 Å². The van der Waals surface area contributed by atoms with Crippen molar-refractivity contribution in [3.63, 3.8) is 0 Å². The van der Waals surface area contributed by atoms with E-state index in [0.717, 1.165) is 48.6 Å². The van der Waals surface area contributed by atoms with Gasteiger partial charge in [0.15, 0.2) is 0 Å². The van der Waals surface area contributed by atoms with E-state index >= 15 is 0 Å². The fourth-order valence-electron chi connectivity index (χ4n) is 5.18. The minimum atomic E-state index is -0.530. The number of hydrogen-bond acceptors (Lipinski definition) is 5. The Kier molecular flexibility index (Phi) is 9.17. The predicted molar refractivity (Wildman–Crippen MR) is 137 cm³/mol. The van der Waals surface area contributed by atoms with Crippen molar-refractivity contribution in [2.75, 3.05) is 19.8 Å². The number of likely N-dealkylation sites (tertiary alicyclic amines) is 1. The van der Waals surface area contributed by atoms with Gasteiger partial charge in [0.05, 0.1) is 24.6 Å². The highest BCUT2D eigenvalue weighted by molar-refractivity contribution is 5.87. The number of hydrogen-bond donors (Lipinski definition) is 3. The molecule has 2 aliphatic heterocycles. The molecule has 3 atom stereocenters. The Morgan fingerprint density at radius 1 is 1.14 bits per heavy atom. The number of nitrogens with zero attached hydrogens (tertiary/aromatic N) is 1. The molecule has 3 heterocycles. The first-order valence-electron chi connectivity index (χ1n) is 13.1. The SMILES string of the molecule is O=C1CCCCC=CCC(CC(=O)N2CCCC2CO)C(=O)NC(Cc2c[nH]c3ccccc23)CO1. The molecular weight excluding hydrogens is 458 g/mol. The molecule has 1 aromatic heterocycles. The Bertz CT molecular complexity index is 1080. The molecule has 36 heavy (non-hydrogen) atoms. The molecule has 194 valence electrons. The first-order valence-corrected chi connectivity index (χ1v) is 13.1. The lowest BCUT2D eigenvalue weighted by molar-refractivity contribution is -0.145. The van der Waals surface area contributed by atoms with E-state index in [-0.39, 0.29) is 43.5 Å². The number of para-hydroxylation sites is 1. The zero-order valence-corrected chi connectivity index (χ0v) is 20.8. The number of carbonyl (C=O) groups is 3. The van der Waals surface area contributed by atoms with E-state index in [1.165, 1.54) is 0 Å². The maximum atomic E-state index is 13.5. The molecule has 0 saturated carbocycles. The van der Waals surface area contributed by atoms with E-state index in [1.54, 1.807) is 4.90 Å². The fraction of sp³-hybridized carbons (Fsp3) is 0.536. The summed E-state index contributed by atoms with van der Waals surface area (Å²) in [6.45, 7) is 0.646. The third kappa shape index (κ3) is 6.75. The van der Waals surface area contributed by atoms with E-state index in [0.29, 0.717) is 25.8 Å². The second-order valence-electron chi connectivity index (χ2n) is 9.87. The maximum absolute atomic E-state index is 13.5. The number of fused-ring (bicyclic) bond motifs is 1. The number of esters is 1. The number of aliphatic hydroxyl groups excluding tert-OH is 1. The van der Waals surface area contributed by atoms with Crippen LogP contribution in [0.5, 0.6) is 0 Å². The lowest BCUT2D eigenvalue weighted by Crippen LogP contribution is -2.45. The van der Waals surface area contributed by atoms with Gasteiger partial charge in [-0.2, -0.15) is 0 Å². The summed E-state index contributed by atoms with van der Waals surface area (Å²) in [7, 11) is 0. The van der Waals surface area contributed by atoms with Gasteiger partial charge in [-0.15, -0.1) is 0 Å². The summed E-state index contributed by atoms with van der Waals surface area (Å²) >= 11 is 0. The van der Waals surface area contributed by atoms with E-state index < -0.39 is 12.0 Å². The summed E-state index contributed by atoms with van der Waals surface area (Å²) in [5, 5.41) is 13.8. The Hall–Kier alpha value is -3.13. The number of allylic oxidation sites excluding steroid dienone is 2. The van der Waals surface area contributed by atoms with Crippen LogP contribution in [0.4, 0.5) is 0 Å². The molecule has 1 saturated heterocycles. The molecule has 1 fully saturated rings. The molecule has 0 spiro atoms. The van der Waals surface area contributed by atoms with Crippen molar-refractivity contribution in [1.29, 1.82) is 0 Å². The van der Waals surface area contributed by atoms with Gasteiger partial charge in [0.25, 0.3) is 0 Å². The Morgan fingerprint density at radius 3 is 2.86 bits per heavy atom. The van der Waals surface area contributed by atoms with Crippen LogP contribution in [0, 0.1) is 5.92 Å². The molecular formula is C28H37N3O5. The number of carbonyl (C=O) groups excluding carboxylic acids is 3. The molecule has 4 rings (SSSR count). The smallest absolute Gasteiger partial charge is 0.305 e. The van der Waals surface area contributed by atoms with Crippen LogP contribution in [0.2, 0.25) is 0 Å². The molecule has 2 aliphatic rings. The molecule has 2 amide bonds. The Balaban J connectivity index is 1.51. The molecule has 8 heteroatoms. The molecule has 3 unspecified atom stereocenters. The van der Waals surface area contributed by atoms with Crippen LogP contribution in [-0.4, -0.2) is 64.6 Å².